The van der Waals surface area contributed by atoms with Gasteiger partial charge in [-0.3, -0.25) is 0 Å². The van der Waals surface area contributed by atoms with Crippen LogP contribution < -0.4 is 10.0 Å². The van der Waals surface area contributed by atoms with E-state index in [2.05, 4.69) is 20.0 Å². The molecule has 2 heterocycles. The minimum atomic E-state index is -3.63. The van der Waals surface area contributed by atoms with E-state index in [1.807, 2.05) is 6.92 Å². The molecule has 7 nitrogen and oxygen atoms in total. The Balaban J connectivity index is 2.07. The third kappa shape index (κ3) is 3.79. The van der Waals surface area contributed by atoms with Crippen LogP contribution in [0.15, 0.2) is 27.6 Å². The number of anilines is 1. The first-order valence-corrected chi connectivity index (χ1v) is 8.03. The Labute approximate surface area is 123 Å². The highest BCUT2D eigenvalue weighted by Crippen LogP contribution is 2.12. The van der Waals surface area contributed by atoms with E-state index in [9.17, 15) is 8.42 Å². The molecule has 2 aromatic heterocycles. The Morgan fingerprint density at radius 3 is 2.57 bits per heavy atom. The largest absolute Gasteiger partial charge is 0.444 e. The Morgan fingerprint density at radius 2 is 2.05 bits per heavy atom. The summed E-state index contributed by atoms with van der Waals surface area (Å²) < 4.78 is 32.0. The van der Waals surface area contributed by atoms with Gasteiger partial charge >= 0.3 is 0 Å². The lowest BCUT2D eigenvalue weighted by molar-refractivity contribution is 0.463. The van der Waals surface area contributed by atoms with Crippen LogP contribution in [0.5, 0.6) is 0 Å². The number of sulfonamides is 1. The van der Waals surface area contributed by atoms with Gasteiger partial charge in [0.15, 0.2) is 0 Å². The third-order valence-corrected chi connectivity index (χ3v) is 4.28. The number of pyridine rings is 1. The predicted octanol–water partition coefficient (Wildman–Crippen LogP) is 1.60. The van der Waals surface area contributed by atoms with Crippen LogP contribution in [0.2, 0.25) is 0 Å². The molecule has 2 aromatic rings. The fraction of sp³-hybridized carbons (Fsp3) is 0.385. The van der Waals surface area contributed by atoms with Gasteiger partial charge < -0.3 is 9.73 Å². The highest BCUT2D eigenvalue weighted by atomic mass is 32.2. The summed E-state index contributed by atoms with van der Waals surface area (Å²) in [4.78, 5) is 8.27. The smallest absolute Gasteiger partial charge is 0.242 e. The molecule has 0 spiro atoms. The van der Waals surface area contributed by atoms with Gasteiger partial charge in [-0.2, -0.15) is 0 Å². The van der Waals surface area contributed by atoms with Gasteiger partial charge in [0, 0.05) is 12.7 Å². The summed E-state index contributed by atoms with van der Waals surface area (Å²) in [6.45, 7) is 6.25. The molecule has 8 heteroatoms. The van der Waals surface area contributed by atoms with E-state index >= 15 is 0 Å². The maximum atomic E-state index is 12.1. The zero-order valence-corrected chi connectivity index (χ0v) is 13.0. The summed E-state index contributed by atoms with van der Waals surface area (Å²) >= 11 is 0. The zero-order valence-electron chi connectivity index (χ0n) is 12.2. The van der Waals surface area contributed by atoms with Gasteiger partial charge in [-0.15, -0.1) is 0 Å². The molecular formula is C13H18N4O3S. The summed E-state index contributed by atoms with van der Waals surface area (Å²) in [6, 6.07) is 3.12. The van der Waals surface area contributed by atoms with E-state index in [-0.39, 0.29) is 11.4 Å². The third-order valence-electron chi connectivity index (χ3n) is 2.89. The lowest BCUT2D eigenvalue weighted by Gasteiger charge is -2.06. The van der Waals surface area contributed by atoms with E-state index in [0.717, 1.165) is 12.2 Å². The second-order valence-electron chi connectivity index (χ2n) is 4.48. The van der Waals surface area contributed by atoms with Crippen LogP contribution in [0.3, 0.4) is 0 Å². The number of aryl methyl sites for hydroxylation is 2. The first-order valence-electron chi connectivity index (χ1n) is 6.55. The molecule has 2 rings (SSSR count). The molecule has 0 saturated carbocycles. The van der Waals surface area contributed by atoms with E-state index < -0.39 is 10.0 Å². The molecule has 0 aliphatic heterocycles. The van der Waals surface area contributed by atoms with Crippen molar-refractivity contribution >= 4 is 15.8 Å². The van der Waals surface area contributed by atoms with Crippen molar-refractivity contribution in [2.45, 2.75) is 32.2 Å². The lowest BCUT2D eigenvalue weighted by atomic mass is 10.4. The second-order valence-corrected chi connectivity index (χ2v) is 6.25. The van der Waals surface area contributed by atoms with Crippen LogP contribution in [0, 0.1) is 13.8 Å². The van der Waals surface area contributed by atoms with Crippen molar-refractivity contribution in [3.05, 3.63) is 35.7 Å². The molecule has 2 N–H and O–H groups in total. The van der Waals surface area contributed by atoms with Gasteiger partial charge in [0.25, 0.3) is 0 Å². The molecule has 0 unspecified atom stereocenters. The van der Waals surface area contributed by atoms with Crippen LogP contribution >= 0.6 is 0 Å². The first kappa shape index (κ1) is 15.5. The van der Waals surface area contributed by atoms with Gasteiger partial charge in [-0.1, -0.05) is 0 Å². The first-order chi connectivity index (χ1) is 9.92. The maximum Gasteiger partial charge on any atom is 0.242 e. The Kier molecular flexibility index (Phi) is 4.59. The average molecular weight is 310 g/mol. The molecule has 0 radical (unpaired) electrons. The summed E-state index contributed by atoms with van der Waals surface area (Å²) in [5, 5.41) is 3.00. The van der Waals surface area contributed by atoms with Crippen molar-refractivity contribution in [3.63, 3.8) is 0 Å². The van der Waals surface area contributed by atoms with Crippen LogP contribution in [-0.2, 0) is 16.6 Å². The molecule has 21 heavy (non-hydrogen) atoms. The van der Waals surface area contributed by atoms with E-state index in [1.165, 1.54) is 12.3 Å². The molecule has 0 amide bonds. The van der Waals surface area contributed by atoms with Gasteiger partial charge in [-0.25, -0.2) is 23.1 Å². The van der Waals surface area contributed by atoms with E-state index in [1.54, 1.807) is 19.9 Å². The summed E-state index contributed by atoms with van der Waals surface area (Å²) in [7, 11) is -3.63. The molecule has 0 atom stereocenters. The highest BCUT2D eigenvalue weighted by molar-refractivity contribution is 7.89. The van der Waals surface area contributed by atoms with Gasteiger partial charge in [0.2, 0.25) is 15.9 Å². The Bertz CT molecular complexity index is 688. The number of oxazole rings is 1. The predicted molar refractivity (Wildman–Crippen MR) is 78.4 cm³/mol. The molecule has 0 aromatic carbocycles. The van der Waals surface area contributed by atoms with Gasteiger partial charge in [-0.05, 0) is 32.9 Å². The molecule has 0 aliphatic rings. The van der Waals surface area contributed by atoms with Crippen molar-refractivity contribution in [1.82, 2.24) is 14.7 Å². The average Bonchev–Trinajstić information content (AvgIpc) is 2.77. The number of nitrogens with zero attached hydrogens (tertiary/aromatic N) is 2. The number of hydrogen-bond acceptors (Lipinski definition) is 6. The van der Waals surface area contributed by atoms with Crippen molar-refractivity contribution in [2.75, 3.05) is 11.9 Å². The Morgan fingerprint density at radius 1 is 1.29 bits per heavy atom. The van der Waals surface area contributed by atoms with Crippen LogP contribution in [-0.4, -0.2) is 24.9 Å². The summed E-state index contributed by atoms with van der Waals surface area (Å²) in [6.07, 6.45) is 1.31. The molecule has 0 aliphatic carbocycles. The molecular weight excluding hydrogens is 292 g/mol. The number of hydrogen-bond donors (Lipinski definition) is 2. The molecule has 114 valence electrons. The monoisotopic (exact) mass is 310 g/mol. The van der Waals surface area contributed by atoms with Crippen LogP contribution in [0.25, 0.3) is 0 Å². The minimum absolute atomic E-state index is 0.00593. The fourth-order valence-electron chi connectivity index (χ4n) is 1.68. The topological polar surface area (TPSA) is 97.1 Å². The van der Waals surface area contributed by atoms with Gasteiger partial charge in [0.1, 0.15) is 16.5 Å². The maximum absolute atomic E-state index is 12.1. The summed E-state index contributed by atoms with van der Waals surface area (Å²) in [5.74, 6) is 1.65. The van der Waals surface area contributed by atoms with Crippen molar-refractivity contribution in [1.29, 1.82) is 0 Å². The standard InChI is InChI=1S/C13H18N4O3S/c1-4-14-12-6-5-11(7-15-12)21(18,19)16-8-13-17-9(2)10(3)20-13/h5-7,16H,4,8H2,1-3H3,(H,14,15). The van der Waals surface area contributed by atoms with E-state index in [4.69, 9.17) is 4.42 Å². The Hall–Kier alpha value is -1.93. The van der Waals surface area contributed by atoms with Gasteiger partial charge in [0.05, 0.1) is 12.2 Å². The van der Waals surface area contributed by atoms with Crippen molar-refractivity contribution in [3.8, 4) is 0 Å². The highest BCUT2D eigenvalue weighted by Gasteiger charge is 2.16. The van der Waals surface area contributed by atoms with Crippen molar-refractivity contribution in [2.24, 2.45) is 0 Å². The number of rotatable bonds is 6. The van der Waals surface area contributed by atoms with Crippen LogP contribution in [0.1, 0.15) is 24.3 Å². The van der Waals surface area contributed by atoms with E-state index in [0.29, 0.717) is 17.5 Å². The molecule has 0 saturated heterocycles. The van der Waals surface area contributed by atoms with Crippen molar-refractivity contribution < 1.29 is 12.8 Å². The summed E-state index contributed by atoms with van der Waals surface area (Å²) in [5.41, 5.74) is 0.751. The second kappa shape index (κ2) is 6.23. The lowest BCUT2D eigenvalue weighted by Crippen LogP contribution is -2.23. The normalized spacial score (nSPS) is 11.6. The quantitative estimate of drug-likeness (QED) is 0.841. The minimum Gasteiger partial charge on any atom is -0.444 e. The van der Waals surface area contributed by atoms with Crippen LogP contribution in [0.4, 0.5) is 5.82 Å². The molecule has 0 fully saturated rings. The molecule has 0 bridgehead atoms. The zero-order chi connectivity index (χ0) is 15.5. The SMILES string of the molecule is CCNc1ccc(S(=O)(=O)NCc2nc(C)c(C)o2)cn1. The number of aromatic nitrogens is 2. The fourth-order valence-corrected chi connectivity index (χ4v) is 2.60. The number of nitrogens with one attached hydrogen (secondary N) is 2.